The first-order valence-electron chi connectivity index (χ1n) is 5.08. The molecular formula is C11H11NO4S. The molecule has 1 N–H and O–H groups in total. The van der Waals surface area contributed by atoms with E-state index in [1.54, 1.807) is 13.0 Å². The summed E-state index contributed by atoms with van der Waals surface area (Å²) in [6, 6.07) is 1.76. The Hall–Kier alpha value is -1.82. The monoisotopic (exact) mass is 253 g/mol. The molecule has 2 aromatic rings. The molecule has 2 rings (SSSR count). The van der Waals surface area contributed by atoms with Gasteiger partial charge in [-0.2, -0.15) is 0 Å². The topological polar surface area (TPSA) is 68.4 Å². The number of aromatic amines is 1. The Morgan fingerprint density at radius 3 is 3.00 bits per heavy atom. The zero-order valence-corrected chi connectivity index (χ0v) is 10.2. The maximum Gasteiger partial charge on any atom is 0.514 e. The molecule has 0 atom stereocenters. The van der Waals surface area contributed by atoms with Crippen molar-refractivity contribution in [2.24, 2.45) is 0 Å². The van der Waals surface area contributed by atoms with E-state index in [-0.39, 0.29) is 17.8 Å². The molecule has 0 saturated carbocycles. The standard InChI is InChI=1S/C11H11NO4S/c1-3-15-11(14)16-8-5-12-10-7(9(8)13)4-6(2)17-10/h4-5H,3H2,1-2H3,(H,12,13). The third-order valence-electron chi connectivity index (χ3n) is 2.11. The number of rotatable bonds is 2. The Morgan fingerprint density at radius 1 is 1.53 bits per heavy atom. The van der Waals surface area contributed by atoms with E-state index in [9.17, 15) is 9.59 Å². The minimum Gasteiger partial charge on any atom is -0.434 e. The summed E-state index contributed by atoms with van der Waals surface area (Å²) in [6.45, 7) is 3.78. The van der Waals surface area contributed by atoms with E-state index >= 15 is 0 Å². The van der Waals surface area contributed by atoms with Crippen molar-refractivity contribution in [3.8, 4) is 5.75 Å². The van der Waals surface area contributed by atoms with Crippen LogP contribution < -0.4 is 10.2 Å². The van der Waals surface area contributed by atoms with Crippen LogP contribution in [-0.2, 0) is 4.74 Å². The summed E-state index contributed by atoms with van der Waals surface area (Å²) in [7, 11) is 0. The van der Waals surface area contributed by atoms with Crippen molar-refractivity contribution in [2.45, 2.75) is 13.8 Å². The molecule has 0 unspecified atom stereocenters. The Balaban J connectivity index is 2.39. The number of carbonyl (C=O) groups is 1. The van der Waals surface area contributed by atoms with E-state index in [1.807, 2.05) is 6.92 Å². The lowest BCUT2D eigenvalue weighted by atomic mass is 10.3. The number of aryl methyl sites for hydroxylation is 1. The normalized spacial score (nSPS) is 10.5. The molecule has 0 saturated heterocycles. The van der Waals surface area contributed by atoms with Crippen molar-refractivity contribution in [3.05, 3.63) is 27.4 Å². The molecular weight excluding hydrogens is 242 g/mol. The van der Waals surface area contributed by atoms with Gasteiger partial charge < -0.3 is 14.5 Å². The van der Waals surface area contributed by atoms with Gasteiger partial charge in [0, 0.05) is 11.1 Å². The maximum atomic E-state index is 11.9. The number of aromatic nitrogens is 1. The average Bonchev–Trinajstić information content (AvgIpc) is 2.64. The van der Waals surface area contributed by atoms with Gasteiger partial charge in [-0.1, -0.05) is 0 Å². The fourth-order valence-corrected chi connectivity index (χ4v) is 2.31. The van der Waals surface area contributed by atoms with Crippen LogP contribution >= 0.6 is 11.3 Å². The summed E-state index contributed by atoms with van der Waals surface area (Å²) in [5.41, 5.74) is -0.309. The Kier molecular flexibility index (Phi) is 3.14. The first-order chi connectivity index (χ1) is 8.11. The van der Waals surface area contributed by atoms with E-state index in [0.717, 1.165) is 9.71 Å². The molecule has 0 aliphatic heterocycles. The number of thiophene rings is 1. The van der Waals surface area contributed by atoms with Crippen LogP contribution in [0.1, 0.15) is 11.8 Å². The molecule has 0 fully saturated rings. The van der Waals surface area contributed by atoms with Gasteiger partial charge in [0.2, 0.25) is 5.43 Å². The summed E-state index contributed by atoms with van der Waals surface area (Å²) < 4.78 is 9.41. The van der Waals surface area contributed by atoms with Gasteiger partial charge in [-0.05, 0) is 19.9 Å². The van der Waals surface area contributed by atoms with Crippen LogP contribution in [0.5, 0.6) is 5.75 Å². The third kappa shape index (κ3) is 2.31. The molecule has 0 aromatic carbocycles. The van der Waals surface area contributed by atoms with Crippen molar-refractivity contribution < 1.29 is 14.3 Å². The Bertz CT molecular complexity index is 613. The van der Waals surface area contributed by atoms with Crippen molar-refractivity contribution in [1.29, 1.82) is 0 Å². The average molecular weight is 253 g/mol. The van der Waals surface area contributed by atoms with Crippen molar-refractivity contribution in [3.63, 3.8) is 0 Å². The fourth-order valence-electron chi connectivity index (χ4n) is 1.43. The number of ether oxygens (including phenoxy) is 2. The van der Waals surface area contributed by atoms with E-state index in [4.69, 9.17) is 4.74 Å². The van der Waals surface area contributed by atoms with Gasteiger partial charge in [0.15, 0.2) is 5.75 Å². The number of hydrogen-bond donors (Lipinski definition) is 1. The van der Waals surface area contributed by atoms with E-state index < -0.39 is 6.16 Å². The highest BCUT2D eigenvalue weighted by Gasteiger charge is 2.12. The maximum absolute atomic E-state index is 11.9. The number of fused-ring (bicyclic) bond motifs is 1. The summed E-state index contributed by atoms with van der Waals surface area (Å²) in [5, 5.41) is 0.522. The second-order valence-electron chi connectivity index (χ2n) is 3.37. The predicted octanol–water partition coefficient (Wildman–Crippen LogP) is 2.43. The minimum absolute atomic E-state index is 0.0475. The highest BCUT2D eigenvalue weighted by molar-refractivity contribution is 7.18. The summed E-state index contributed by atoms with van der Waals surface area (Å²) >= 11 is 1.48. The van der Waals surface area contributed by atoms with Crippen molar-refractivity contribution in [1.82, 2.24) is 4.98 Å². The SMILES string of the molecule is CCOC(=O)Oc1c[nH]c2sc(C)cc2c1=O. The van der Waals surface area contributed by atoms with Crippen LogP contribution in [0.3, 0.4) is 0 Å². The first-order valence-corrected chi connectivity index (χ1v) is 5.90. The number of H-pyrrole nitrogens is 1. The van der Waals surface area contributed by atoms with Gasteiger partial charge in [0.25, 0.3) is 0 Å². The largest absolute Gasteiger partial charge is 0.514 e. The van der Waals surface area contributed by atoms with Crippen molar-refractivity contribution in [2.75, 3.05) is 6.61 Å². The number of pyridine rings is 1. The van der Waals surface area contributed by atoms with Crippen LogP contribution in [0.15, 0.2) is 17.1 Å². The molecule has 0 aliphatic rings. The van der Waals surface area contributed by atoms with Crippen LogP contribution in [-0.4, -0.2) is 17.7 Å². The molecule has 0 radical (unpaired) electrons. The molecule has 2 heterocycles. The van der Waals surface area contributed by atoms with Crippen LogP contribution in [0.2, 0.25) is 0 Å². The van der Waals surface area contributed by atoms with Crippen molar-refractivity contribution >= 4 is 27.7 Å². The van der Waals surface area contributed by atoms with Gasteiger partial charge in [-0.3, -0.25) is 4.79 Å². The van der Waals surface area contributed by atoms with Crippen LogP contribution in [0.4, 0.5) is 4.79 Å². The highest BCUT2D eigenvalue weighted by Crippen LogP contribution is 2.21. The molecule has 2 aromatic heterocycles. The van der Waals surface area contributed by atoms with Gasteiger partial charge in [-0.25, -0.2) is 4.79 Å². The van der Waals surface area contributed by atoms with E-state index in [2.05, 4.69) is 9.72 Å². The molecule has 90 valence electrons. The highest BCUT2D eigenvalue weighted by atomic mass is 32.1. The quantitative estimate of drug-likeness (QED) is 0.834. The fraction of sp³-hybridized carbons (Fsp3) is 0.273. The smallest absolute Gasteiger partial charge is 0.434 e. The lowest BCUT2D eigenvalue weighted by Gasteiger charge is -2.02. The molecule has 0 amide bonds. The predicted molar refractivity (Wildman–Crippen MR) is 64.8 cm³/mol. The lowest BCUT2D eigenvalue weighted by Crippen LogP contribution is -2.15. The molecule has 5 nitrogen and oxygen atoms in total. The third-order valence-corrected chi connectivity index (χ3v) is 3.10. The first kappa shape index (κ1) is 11.7. The number of nitrogens with one attached hydrogen (secondary N) is 1. The molecule has 0 bridgehead atoms. The zero-order chi connectivity index (χ0) is 12.4. The second-order valence-corrected chi connectivity index (χ2v) is 4.62. The molecule has 17 heavy (non-hydrogen) atoms. The van der Waals surface area contributed by atoms with Crippen LogP contribution in [0, 0.1) is 6.92 Å². The zero-order valence-electron chi connectivity index (χ0n) is 9.40. The summed E-state index contributed by atoms with van der Waals surface area (Å²) in [5.74, 6) is -0.0475. The van der Waals surface area contributed by atoms with Gasteiger partial charge >= 0.3 is 6.16 Å². The number of hydrogen-bond acceptors (Lipinski definition) is 5. The summed E-state index contributed by atoms with van der Waals surface area (Å²) in [4.78, 5) is 27.7. The Labute approximate surface area is 101 Å². The van der Waals surface area contributed by atoms with Crippen LogP contribution in [0.25, 0.3) is 10.2 Å². The number of carbonyl (C=O) groups excluding carboxylic acids is 1. The van der Waals surface area contributed by atoms with E-state index in [0.29, 0.717) is 5.39 Å². The van der Waals surface area contributed by atoms with E-state index in [1.165, 1.54) is 17.5 Å². The van der Waals surface area contributed by atoms with Gasteiger partial charge in [0.1, 0.15) is 4.83 Å². The van der Waals surface area contributed by atoms with Gasteiger partial charge in [0.05, 0.1) is 12.0 Å². The van der Waals surface area contributed by atoms with Gasteiger partial charge in [-0.15, -0.1) is 11.3 Å². The summed E-state index contributed by atoms with van der Waals surface area (Å²) in [6.07, 6.45) is 0.502. The minimum atomic E-state index is -0.871. The second kappa shape index (κ2) is 4.58. The Morgan fingerprint density at radius 2 is 2.29 bits per heavy atom. The lowest BCUT2D eigenvalue weighted by molar-refractivity contribution is 0.104. The molecule has 0 aliphatic carbocycles. The molecule has 0 spiro atoms. The molecule has 6 heteroatoms.